The molecule has 4 aromatic carbocycles. The SMILES string of the molecule is C(=Cc1ccccc1)CN(CCc1c[nH]c2ccccc12)Cc1cccc2ccccc12. The zero-order chi connectivity index (χ0) is 21.6. The zero-order valence-electron chi connectivity index (χ0n) is 18.2. The fourth-order valence-electron chi connectivity index (χ4n) is 4.43. The summed E-state index contributed by atoms with van der Waals surface area (Å²) in [5.74, 6) is 0. The molecule has 0 saturated heterocycles. The van der Waals surface area contributed by atoms with E-state index in [4.69, 9.17) is 0 Å². The lowest BCUT2D eigenvalue weighted by Gasteiger charge is -2.22. The van der Waals surface area contributed by atoms with Crippen molar-refractivity contribution in [3.63, 3.8) is 0 Å². The largest absolute Gasteiger partial charge is 0.361 e. The minimum atomic E-state index is 0.917. The molecule has 0 fully saturated rings. The zero-order valence-corrected chi connectivity index (χ0v) is 18.2. The van der Waals surface area contributed by atoms with E-state index in [9.17, 15) is 0 Å². The molecule has 0 aliphatic heterocycles. The van der Waals surface area contributed by atoms with E-state index in [0.717, 1.165) is 26.1 Å². The summed E-state index contributed by atoms with van der Waals surface area (Å²) in [6.07, 6.45) is 7.70. The molecule has 32 heavy (non-hydrogen) atoms. The molecular formula is C30H28N2. The summed E-state index contributed by atoms with van der Waals surface area (Å²) in [6.45, 7) is 2.85. The fraction of sp³-hybridized carbons (Fsp3) is 0.133. The minimum absolute atomic E-state index is 0.917. The lowest BCUT2D eigenvalue weighted by Crippen LogP contribution is -2.26. The molecule has 0 aliphatic carbocycles. The van der Waals surface area contributed by atoms with Crippen molar-refractivity contribution < 1.29 is 0 Å². The maximum Gasteiger partial charge on any atom is 0.0456 e. The summed E-state index contributed by atoms with van der Waals surface area (Å²) < 4.78 is 0. The highest BCUT2D eigenvalue weighted by atomic mass is 15.1. The van der Waals surface area contributed by atoms with Gasteiger partial charge >= 0.3 is 0 Å². The summed E-state index contributed by atoms with van der Waals surface area (Å²) in [4.78, 5) is 5.96. The van der Waals surface area contributed by atoms with Crippen molar-refractivity contribution in [1.29, 1.82) is 0 Å². The summed E-state index contributed by atoms with van der Waals surface area (Å²) >= 11 is 0. The number of aromatic amines is 1. The Morgan fingerprint density at radius 3 is 2.34 bits per heavy atom. The molecule has 1 aromatic heterocycles. The van der Waals surface area contributed by atoms with E-state index in [1.807, 2.05) is 0 Å². The van der Waals surface area contributed by atoms with Crippen molar-refractivity contribution in [2.45, 2.75) is 13.0 Å². The van der Waals surface area contributed by atoms with Gasteiger partial charge in [0, 0.05) is 36.7 Å². The van der Waals surface area contributed by atoms with Crippen LogP contribution in [0.2, 0.25) is 0 Å². The van der Waals surface area contributed by atoms with E-state index < -0.39 is 0 Å². The first kappa shape index (κ1) is 20.3. The number of hydrogen-bond acceptors (Lipinski definition) is 1. The van der Waals surface area contributed by atoms with Crippen molar-refractivity contribution in [3.8, 4) is 0 Å². The lowest BCUT2D eigenvalue weighted by molar-refractivity contribution is 0.300. The Morgan fingerprint density at radius 2 is 1.44 bits per heavy atom. The molecule has 0 amide bonds. The van der Waals surface area contributed by atoms with Crippen LogP contribution in [0.1, 0.15) is 16.7 Å². The van der Waals surface area contributed by atoms with Crippen LogP contribution in [0, 0.1) is 0 Å². The molecule has 0 bridgehead atoms. The molecule has 0 atom stereocenters. The highest BCUT2D eigenvalue weighted by Gasteiger charge is 2.10. The van der Waals surface area contributed by atoms with Crippen LogP contribution in [0.4, 0.5) is 0 Å². The topological polar surface area (TPSA) is 19.0 Å². The highest BCUT2D eigenvalue weighted by Crippen LogP contribution is 2.22. The van der Waals surface area contributed by atoms with Crippen LogP contribution in [0.25, 0.3) is 27.8 Å². The van der Waals surface area contributed by atoms with Crippen LogP contribution in [0.3, 0.4) is 0 Å². The molecule has 2 heteroatoms. The highest BCUT2D eigenvalue weighted by molar-refractivity contribution is 5.85. The normalized spacial score (nSPS) is 11.8. The van der Waals surface area contributed by atoms with Gasteiger partial charge in [-0.15, -0.1) is 0 Å². The van der Waals surface area contributed by atoms with Gasteiger partial charge in [-0.3, -0.25) is 4.90 Å². The van der Waals surface area contributed by atoms with E-state index in [1.54, 1.807) is 0 Å². The number of rotatable bonds is 8. The van der Waals surface area contributed by atoms with Crippen LogP contribution in [-0.4, -0.2) is 23.0 Å². The standard InChI is InChI=1S/C30H28N2/c1-2-10-24(11-3-1)12-9-20-32(21-19-26-22-31-30-18-7-6-17-29(26)30)23-27-15-8-14-25-13-4-5-16-28(25)27/h1-18,22,31H,19-21,23H2. The van der Waals surface area contributed by atoms with Crippen LogP contribution in [0.15, 0.2) is 109 Å². The van der Waals surface area contributed by atoms with Crippen LogP contribution < -0.4 is 0 Å². The van der Waals surface area contributed by atoms with Crippen LogP contribution >= 0.6 is 0 Å². The Hall–Kier alpha value is -3.62. The molecule has 158 valence electrons. The van der Waals surface area contributed by atoms with Gasteiger partial charge in [-0.05, 0) is 39.9 Å². The Labute approximate surface area is 189 Å². The Bertz CT molecular complexity index is 1330. The van der Waals surface area contributed by atoms with Gasteiger partial charge in [0.25, 0.3) is 0 Å². The van der Waals surface area contributed by atoms with Crippen molar-refractivity contribution in [2.75, 3.05) is 13.1 Å². The number of nitrogens with one attached hydrogen (secondary N) is 1. The van der Waals surface area contributed by atoms with Crippen molar-refractivity contribution in [2.24, 2.45) is 0 Å². The van der Waals surface area contributed by atoms with E-state index in [1.165, 1.54) is 38.4 Å². The van der Waals surface area contributed by atoms with E-state index in [0.29, 0.717) is 0 Å². The van der Waals surface area contributed by atoms with E-state index in [2.05, 4.69) is 125 Å². The third kappa shape index (κ3) is 4.66. The van der Waals surface area contributed by atoms with Gasteiger partial charge in [0.05, 0.1) is 0 Å². The summed E-state index contributed by atoms with van der Waals surface area (Å²) in [5, 5.41) is 3.98. The molecule has 5 aromatic rings. The number of H-pyrrole nitrogens is 1. The number of benzene rings is 4. The lowest BCUT2D eigenvalue weighted by atomic mass is 10.0. The number of nitrogens with zero attached hydrogens (tertiary/aromatic N) is 1. The quantitative estimate of drug-likeness (QED) is 0.286. The molecule has 0 radical (unpaired) electrons. The van der Waals surface area contributed by atoms with Crippen molar-refractivity contribution in [1.82, 2.24) is 9.88 Å². The van der Waals surface area contributed by atoms with Gasteiger partial charge in [-0.1, -0.05) is 103 Å². The van der Waals surface area contributed by atoms with Gasteiger partial charge < -0.3 is 4.98 Å². The molecule has 2 nitrogen and oxygen atoms in total. The maximum atomic E-state index is 3.42. The molecule has 0 aliphatic rings. The molecule has 0 spiro atoms. The first-order valence-corrected chi connectivity index (χ1v) is 11.3. The van der Waals surface area contributed by atoms with Crippen molar-refractivity contribution >= 4 is 27.8 Å². The molecule has 1 heterocycles. The Morgan fingerprint density at radius 1 is 0.688 bits per heavy atom. The summed E-state index contributed by atoms with van der Waals surface area (Å²) in [7, 11) is 0. The van der Waals surface area contributed by atoms with Gasteiger partial charge in [0.2, 0.25) is 0 Å². The van der Waals surface area contributed by atoms with E-state index >= 15 is 0 Å². The molecule has 0 saturated carbocycles. The molecule has 0 unspecified atom stereocenters. The van der Waals surface area contributed by atoms with Gasteiger partial charge in [0.15, 0.2) is 0 Å². The third-order valence-electron chi connectivity index (χ3n) is 6.12. The van der Waals surface area contributed by atoms with Gasteiger partial charge in [-0.25, -0.2) is 0 Å². The minimum Gasteiger partial charge on any atom is -0.361 e. The number of para-hydroxylation sites is 1. The molecule has 5 rings (SSSR count). The Balaban J connectivity index is 1.37. The Kier molecular flexibility index (Phi) is 6.13. The smallest absolute Gasteiger partial charge is 0.0456 e. The third-order valence-corrected chi connectivity index (χ3v) is 6.12. The predicted octanol–water partition coefficient (Wildman–Crippen LogP) is 7.08. The number of fused-ring (bicyclic) bond motifs is 2. The second-order valence-electron chi connectivity index (χ2n) is 8.30. The predicted molar refractivity (Wildman–Crippen MR) is 137 cm³/mol. The first-order valence-electron chi connectivity index (χ1n) is 11.3. The van der Waals surface area contributed by atoms with Crippen LogP contribution in [-0.2, 0) is 13.0 Å². The van der Waals surface area contributed by atoms with Gasteiger partial charge in [-0.2, -0.15) is 0 Å². The first-order chi connectivity index (χ1) is 15.9. The molecular weight excluding hydrogens is 388 g/mol. The summed E-state index contributed by atoms with van der Waals surface area (Å²) in [6, 6.07) is 34.4. The number of aromatic nitrogens is 1. The fourth-order valence-corrected chi connectivity index (χ4v) is 4.43. The average Bonchev–Trinajstić information content (AvgIpc) is 3.26. The summed E-state index contributed by atoms with van der Waals surface area (Å²) in [5.41, 5.74) is 5.23. The number of hydrogen-bond donors (Lipinski definition) is 1. The van der Waals surface area contributed by atoms with Gasteiger partial charge in [0.1, 0.15) is 0 Å². The maximum absolute atomic E-state index is 3.42. The van der Waals surface area contributed by atoms with Crippen LogP contribution in [0.5, 0.6) is 0 Å². The van der Waals surface area contributed by atoms with E-state index in [-0.39, 0.29) is 0 Å². The second-order valence-corrected chi connectivity index (χ2v) is 8.30. The second kappa shape index (κ2) is 9.67. The average molecular weight is 417 g/mol. The monoisotopic (exact) mass is 416 g/mol. The van der Waals surface area contributed by atoms with Crippen molar-refractivity contribution in [3.05, 3.63) is 126 Å². The molecule has 1 N–H and O–H groups in total.